The Morgan fingerprint density at radius 2 is 1.76 bits per heavy atom. The number of halogens is 1. The average Bonchev–Trinajstić information content (AvgIpc) is 2.54. The van der Waals surface area contributed by atoms with Crippen LogP contribution in [0.25, 0.3) is 0 Å². The number of carbonyl (C=O) groups is 1. The Bertz CT molecular complexity index is 842. The van der Waals surface area contributed by atoms with Gasteiger partial charge in [-0.3, -0.25) is 25.0 Å². The lowest BCUT2D eigenvalue weighted by Crippen LogP contribution is -2.30. The molecule has 0 aliphatic rings. The molecule has 0 bridgehead atoms. The predicted molar refractivity (Wildman–Crippen MR) is 84.9 cm³/mol. The molecule has 1 amide bonds. The van der Waals surface area contributed by atoms with E-state index in [9.17, 15) is 29.4 Å². The number of ether oxygens (including phenoxy) is 1. The van der Waals surface area contributed by atoms with Crippen LogP contribution in [0.1, 0.15) is 6.92 Å². The number of benzene rings is 2. The SMILES string of the molecule is C[C@H](Oc1cc(F)ccc1[N+](=O)[O-])C(=O)Nc1ccccc1[N+](=O)[O-]. The number of anilines is 1. The molecule has 2 aromatic rings. The minimum absolute atomic E-state index is 0.0540. The predicted octanol–water partition coefficient (Wildman–Crippen LogP) is 3.05. The van der Waals surface area contributed by atoms with Crippen molar-refractivity contribution in [1.29, 1.82) is 0 Å². The zero-order valence-corrected chi connectivity index (χ0v) is 12.8. The van der Waals surface area contributed by atoms with Crippen molar-refractivity contribution in [3.63, 3.8) is 0 Å². The number of amides is 1. The molecule has 2 aromatic carbocycles. The summed E-state index contributed by atoms with van der Waals surface area (Å²) in [5.41, 5.74) is -0.881. The zero-order chi connectivity index (χ0) is 18.6. The monoisotopic (exact) mass is 349 g/mol. The molecule has 9 nitrogen and oxygen atoms in total. The molecule has 0 saturated heterocycles. The Kier molecular flexibility index (Phi) is 5.22. The summed E-state index contributed by atoms with van der Waals surface area (Å²) in [7, 11) is 0. The Labute approximate surface area is 140 Å². The topological polar surface area (TPSA) is 125 Å². The van der Waals surface area contributed by atoms with Crippen molar-refractivity contribution in [2.45, 2.75) is 13.0 Å². The van der Waals surface area contributed by atoms with Gasteiger partial charge in [0.25, 0.3) is 11.6 Å². The number of nitrogens with one attached hydrogen (secondary N) is 1. The maximum Gasteiger partial charge on any atom is 0.311 e. The van der Waals surface area contributed by atoms with E-state index in [2.05, 4.69) is 5.32 Å². The third-order valence-electron chi connectivity index (χ3n) is 3.15. The number of nitrogens with zero attached hydrogens (tertiary/aromatic N) is 2. The molecule has 0 spiro atoms. The van der Waals surface area contributed by atoms with Crippen LogP contribution < -0.4 is 10.1 Å². The van der Waals surface area contributed by atoms with Crippen LogP contribution in [-0.4, -0.2) is 21.9 Å². The van der Waals surface area contributed by atoms with Crippen molar-refractivity contribution < 1.29 is 23.8 Å². The first-order valence-corrected chi connectivity index (χ1v) is 6.94. The van der Waals surface area contributed by atoms with E-state index in [4.69, 9.17) is 4.74 Å². The Morgan fingerprint density at radius 3 is 2.40 bits per heavy atom. The number of hydrogen-bond donors (Lipinski definition) is 1. The van der Waals surface area contributed by atoms with E-state index in [0.717, 1.165) is 18.2 Å². The summed E-state index contributed by atoms with van der Waals surface area (Å²) in [6.07, 6.45) is -1.26. The summed E-state index contributed by atoms with van der Waals surface area (Å²) >= 11 is 0. The number of rotatable bonds is 6. The smallest absolute Gasteiger partial charge is 0.311 e. The van der Waals surface area contributed by atoms with Crippen LogP contribution in [-0.2, 0) is 4.79 Å². The summed E-state index contributed by atoms with van der Waals surface area (Å²) < 4.78 is 18.4. The summed E-state index contributed by atoms with van der Waals surface area (Å²) in [6.45, 7) is 1.28. The molecule has 0 saturated carbocycles. The van der Waals surface area contributed by atoms with Gasteiger partial charge in [0.05, 0.1) is 9.85 Å². The molecule has 1 N–H and O–H groups in total. The van der Waals surface area contributed by atoms with Crippen molar-refractivity contribution in [3.05, 3.63) is 68.5 Å². The maximum absolute atomic E-state index is 13.3. The molecule has 130 valence electrons. The lowest BCUT2D eigenvalue weighted by molar-refractivity contribution is -0.386. The molecular formula is C15H12FN3O6. The van der Waals surface area contributed by atoms with Crippen LogP contribution >= 0.6 is 0 Å². The number of carbonyl (C=O) groups excluding carboxylic acids is 1. The molecule has 2 rings (SSSR count). The van der Waals surface area contributed by atoms with E-state index in [1.807, 2.05) is 0 Å². The van der Waals surface area contributed by atoms with E-state index in [-0.39, 0.29) is 11.4 Å². The van der Waals surface area contributed by atoms with Crippen molar-refractivity contribution in [1.82, 2.24) is 0 Å². The van der Waals surface area contributed by atoms with Gasteiger partial charge in [-0.15, -0.1) is 0 Å². The molecule has 0 aliphatic carbocycles. The Balaban J connectivity index is 2.18. The fourth-order valence-electron chi connectivity index (χ4n) is 1.95. The van der Waals surface area contributed by atoms with Gasteiger partial charge in [0.1, 0.15) is 11.5 Å². The maximum atomic E-state index is 13.3. The molecule has 0 aliphatic heterocycles. The quantitative estimate of drug-likeness (QED) is 0.631. The fourth-order valence-corrected chi connectivity index (χ4v) is 1.95. The lowest BCUT2D eigenvalue weighted by Gasteiger charge is -2.14. The highest BCUT2D eigenvalue weighted by Crippen LogP contribution is 2.29. The van der Waals surface area contributed by atoms with E-state index in [1.165, 1.54) is 31.2 Å². The minimum Gasteiger partial charge on any atom is -0.474 e. The summed E-state index contributed by atoms with van der Waals surface area (Å²) in [4.78, 5) is 32.5. The Hall–Kier alpha value is -3.56. The highest BCUT2D eigenvalue weighted by Gasteiger charge is 2.23. The highest BCUT2D eigenvalue weighted by molar-refractivity contribution is 5.96. The van der Waals surface area contributed by atoms with Gasteiger partial charge in [-0.2, -0.15) is 0 Å². The van der Waals surface area contributed by atoms with Crippen molar-refractivity contribution in [2.24, 2.45) is 0 Å². The second-order valence-electron chi connectivity index (χ2n) is 4.89. The van der Waals surface area contributed by atoms with Gasteiger partial charge in [0, 0.05) is 18.2 Å². The molecule has 25 heavy (non-hydrogen) atoms. The second kappa shape index (κ2) is 7.34. The third kappa shape index (κ3) is 4.25. The lowest BCUT2D eigenvalue weighted by atomic mass is 10.2. The molecule has 0 radical (unpaired) electrons. The molecule has 1 atom stereocenters. The van der Waals surface area contributed by atoms with Crippen LogP contribution in [0.3, 0.4) is 0 Å². The van der Waals surface area contributed by atoms with Gasteiger partial charge in [-0.25, -0.2) is 4.39 Å². The molecular weight excluding hydrogens is 337 g/mol. The molecule has 0 fully saturated rings. The van der Waals surface area contributed by atoms with E-state index >= 15 is 0 Å². The van der Waals surface area contributed by atoms with E-state index in [1.54, 1.807) is 0 Å². The second-order valence-corrected chi connectivity index (χ2v) is 4.89. The van der Waals surface area contributed by atoms with Gasteiger partial charge in [-0.1, -0.05) is 12.1 Å². The largest absolute Gasteiger partial charge is 0.474 e. The van der Waals surface area contributed by atoms with E-state index < -0.39 is 39.1 Å². The molecule has 0 unspecified atom stereocenters. The first kappa shape index (κ1) is 17.8. The summed E-state index contributed by atoms with van der Waals surface area (Å²) in [5, 5.41) is 24.2. The molecule has 0 aromatic heterocycles. The standard InChI is InChI=1S/C15H12FN3O6/c1-9(25-14-8-10(16)6-7-13(14)19(23)24)15(20)17-11-4-2-3-5-12(11)18(21)22/h2-9H,1H3,(H,17,20)/t9-/m0/s1. The van der Waals surface area contributed by atoms with Crippen LogP contribution in [0.2, 0.25) is 0 Å². The number of para-hydroxylation sites is 2. The minimum atomic E-state index is -1.26. The molecule has 0 heterocycles. The van der Waals surface area contributed by atoms with Crippen molar-refractivity contribution in [3.8, 4) is 5.75 Å². The highest BCUT2D eigenvalue weighted by atomic mass is 19.1. The first-order chi connectivity index (χ1) is 11.8. The third-order valence-corrected chi connectivity index (χ3v) is 3.15. The molecule has 10 heteroatoms. The summed E-state index contributed by atoms with van der Waals surface area (Å²) in [5.74, 6) is -1.98. The first-order valence-electron chi connectivity index (χ1n) is 6.94. The Morgan fingerprint density at radius 1 is 1.12 bits per heavy atom. The van der Waals surface area contributed by atoms with Crippen LogP contribution in [0, 0.1) is 26.0 Å². The van der Waals surface area contributed by atoms with Gasteiger partial charge in [0.15, 0.2) is 6.10 Å². The van der Waals surface area contributed by atoms with Gasteiger partial charge in [-0.05, 0) is 19.1 Å². The average molecular weight is 349 g/mol. The van der Waals surface area contributed by atoms with Gasteiger partial charge < -0.3 is 10.1 Å². The van der Waals surface area contributed by atoms with Crippen molar-refractivity contribution >= 4 is 23.0 Å². The zero-order valence-electron chi connectivity index (χ0n) is 12.8. The number of nitro benzene ring substituents is 2. The van der Waals surface area contributed by atoms with Gasteiger partial charge >= 0.3 is 5.69 Å². The summed E-state index contributed by atoms with van der Waals surface area (Å²) in [6, 6.07) is 8.05. The van der Waals surface area contributed by atoms with Crippen LogP contribution in [0.5, 0.6) is 5.75 Å². The van der Waals surface area contributed by atoms with Crippen molar-refractivity contribution in [2.75, 3.05) is 5.32 Å². The van der Waals surface area contributed by atoms with Crippen LogP contribution in [0.4, 0.5) is 21.5 Å². The van der Waals surface area contributed by atoms with Crippen LogP contribution in [0.15, 0.2) is 42.5 Å². The number of nitro groups is 2. The van der Waals surface area contributed by atoms with E-state index in [0.29, 0.717) is 0 Å². The number of hydrogen-bond acceptors (Lipinski definition) is 6. The van der Waals surface area contributed by atoms with Gasteiger partial charge in [0.2, 0.25) is 5.75 Å². The fraction of sp³-hybridized carbons (Fsp3) is 0.133. The normalized spacial score (nSPS) is 11.4.